The minimum atomic E-state index is -0.245. The van der Waals surface area contributed by atoms with Crippen LogP contribution >= 0.6 is 0 Å². The van der Waals surface area contributed by atoms with E-state index in [1.54, 1.807) is 7.11 Å². The van der Waals surface area contributed by atoms with E-state index in [9.17, 15) is 4.39 Å². The van der Waals surface area contributed by atoms with Gasteiger partial charge >= 0.3 is 0 Å². The molecule has 3 aromatic rings. The summed E-state index contributed by atoms with van der Waals surface area (Å²) in [4.78, 5) is 4.76. The van der Waals surface area contributed by atoms with E-state index >= 15 is 0 Å². The summed E-state index contributed by atoms with van der Waals surface area (Å²) in [6.45, 7) is 9.84. The lowest BCUT2D eigenvalue weighted by molar-refractivity contribution is 0.187. The first-order valence-corrected chi connectivity index (χ1v) is 11.1. The van der Waals surface area contributed by atoms with Gasteiger partial charge in [0.2, 0.25) is 0 Å². The van der Waals surface area contributed by atoms with E-state index in [2.05, 4.69) is 58.2 Å². The van der Waals surface area contributed by atoms with Gasteiger partial charge in [-0.2, -0.15) is 0 Å². The van der Waals surface area contributed by atoms with Crippen LogP contribution in [0.1, 0.15) is 44.6 Å². The van der Waals surface area contributed by atoms with E-state index < -0.39 is 0 Å². The Morgan fingerprint density at radius 1 is 1.00 bits per heavy atom. The fraction of sp³-hybridized carbons (Fsp3) is 0.458. The van der Waals surface area contributed by atoms with Gasteiger partial charge in [-0.1, -0.05) is 19.1 Å². The van der Waals surface area contributed by atoms with E-state index in [0.717, 1.165) is 49.7 Å². The van der Waals surface area contributed by atoms with Crippen LogP contribution in [0.15, 0.2) is 48.5 Å². The summed E-state index contributed by atoms with van der Waals surface area (Å²) in [5, 5.41) is 12.8. The molecule has 170 valence electrons. The summed E-state index contributed by atoms with van der Waals surface area (Å²) < 4.78 is 20.9. The molecule has 2 aromatic carbocycles. The number of hydrogen-bond donors (Lipinski definition) is 0. The number of nitrogens with zero attached hydrogens (tertiary/aromatic N) is 6. The normalized spacial score (nSPS) is 16.2. The number of benzene rings is 2. The lowest BCUT2D eigenvalue weighted by Gasteiger charge is -2.40. The van der Waals surface area contributed by atoms with Crippen LogP contribution < -0.4 is 9.64 Å². The van der Waals surface area contributed by atoms with Crippen LogP contribution in [-0.2, 0) is 5.54 Å². The molecule has 8 heteroatoms. The third-order valence-corrected chi connectivity index (χ3v) is 6.48. The van der Waals surface area contributed by atoms with Crippen molar-refractivity contribution < 1.29 is 9.13 Å². The van der Waals surface area contributed by atoms with E-state index in [4.69, 9.17) is 4.74 Å². The second kappa shape index (κ2) is 9.24. The monoisotopic (exact) mass is 438 g/mol. The van der Waals surface area contributed by atoms with Crippen molar-refractivity contribution >= 4 is 5.69 Å². The Hall–Kier alpha value is -3.00. The molecule has 1 aromatic heterocycles. The highest BCUT2D eigenvalue weighted by Crippen LogP contribution is 2.32. The maximum atomic E-state index is 13.7. The Bertz CT molecular complexity index is 1010. The lowest BCUT2D eigenvalue weighted by Crippen LogP contribution is -2.48. The summed E-state index contributed by atoms with van der Waals surface area (Å²) in [6.07, 6.45) is 0.895. The second-order valence-electron chi connectivity index (χ2n) is 8.79. The third-order valence-electron chi connectivity index (χ3n) is 6.48. The van der Waals surface area contributed by atoms with Crippen molar-refractivity contribution in [3.63, 3.8) is 0 Å². The smallest absolute Gasteiger partial charge is 0.173 e. The van der Waals surface area contributed by atoms with Gasteiger partial charge in [0.25, 0.3) is 0 Å². The first kappa shape index (κ1) is 22.2. The van der Waals surface area contributed by atoms with Crippen LogP contribution in [0.25, 0.3) is 0 Å². The molecule has 32 heavy (non-hydrogen) atoms. The SMILES string of the molecule is CCC(C)(C)n1nnnc1C(c1ccc(F)cc1)N1CCN(c2ccc(OC)cc2)CC1. The molecule has 1 aliphatic rings. The fourth-order valence-corrected chi connectivity index (χ4v) is 4.15. The largest absolute Gasteiger partial charge is 0.497 e. The van der Waals surface area contributed by atoms with Crippen molar-refractivity contribution in [2.24, 2.45) is 0 Å². The highest BCUT2D eigenvalue weighted by molar-refractivity contribution is 5.49. The van der Waals surface area contributed by atoms with Crippen LogP contribution in [0, 0.1) is 5.82 Å². The van der Waals surface area contributed by atoms with Crippen LogP contribution in [0.2, 0.25) is 0 Å². The number of piperazine rings is 1. The van der Waals surface area contributed by atoms with Crippen molar-refractivity contribution in [3.05, 3.63) is 65.7 Å². The minimum Gasteiger partial charge on any atom is -0.497 e. The zero-order valence-corrected chi connectivity index (χ0v) is 19.2. The molecule has 1 atom stereocenters. The van der Waals surface area contributed by atoms with Gasteiger partial charge in [0.05, 0.1) is 18.7 Å². The molecular weight excluding hydrogens is 407 g/mol. The van der Waals surface area contributed by atoms with Gasteiger partial charge in [0.1, 0.15) is 11.6 Å². The molecule has 2 heterocycles. The highest BCUT2D eigenvalue weighted by atomic mass is 19.1. The number of halogens is 1. The topological polar surface area (TPSA) is 59.3 Å². The molecule has 0 bridgehead atoms. The molecule has 7 nitrogen and oxygen atoms in total. The molecule has 0 spiro atoms. The summed E-state index contributed by atoms with van der Waals surface area (Å²) >= 11 is 0. The molecule has 0 N–H and O–H groups in total. The fourth-order valence-electron chi connectivity index (χ4n) is 4.15. The Morgan fingerprint density at radius 3 is 2.25 bits per heavy atom. The Kier molecular flexibility index (Phi) is 6.41. The predicted molar refractivity (Wildman–Crippen MR) is 122 cm³/mol. The van der Waals surface area contributed by atoms with Gasteiger partial charge in [-0.15, -0.1) is 5.10 Å². The molecule has 0 radical (unpaired) electrons. The van der Waals surface area contributed by atoms with Crippen LogP contribution in [0.3, 0.4) is 0 Å². The van der Waals surface area contributed by atoms with Gasteiger partial charge in [-0.3, -0.25) is 4.90 Å². The Balaban J connectivity index is 1.61. The van der Waals surface area contributed by atoms with Crippen molar-refractivity contribution in [2.75, 3.05) is 38.2 Å². The Labute approximate surface area is 188 Å². The van der Waals surface area contributed by atoms with Crippen molar-refractivity contribution in [2.45, 2.75) is 38.8 Å². The summed E-state index contributed by atoms with van der Waals surface area (Å²) in [6, 6.07) is 14.7. The number of anilines is 1. The Morgan fingerprint density at radius 2 is 1.66 bits per heavy atom. The molecule has 1 aliphatic heterocycles. The van der Waals surface area contributed by atoms with Gasteiger partial charge in [0.15, 0.2) is 5.82 Å². The number of hydrogen-bond acceptors (Lipinski definition) is 6. The van der Waals surface area contributed by atoms with E-state index in [-0.39, 0.29) is 17.4 Å². The molecule has 4 rings (SSSR count). The zero-order valence-electron chi connectivity index (χ0n) is 19.2. The third kappa shape index (κ3) is 4.46. The number of tetrazole rings is 1. The van der Waals surface area contributed by atoms with Gasteiger partial charge in [-0.05, 0) is 72.7 Å². The van der Waals surface area contributed by atoms with E-state index in [1.807, 2.05) is 28.9 Å². The molecule has 0 aliphatic carbocycles. The molecular formula is C24H31FN6O. The summed E-state index contributed by atoms with van der Waals surface area (Å²) in [5.74, 6) is 1.40. The first-order chi connectivity index (χ1) is 15.4. The maximum Gasteiger partial charge on any atom is 0.173 e. The van der Waals surface area contributed by atoms with Gasteiger partial charge < -0.3 is 9.64 Å². The first-order valence-electron chi connectivity index (χ1n) is 11.1. The average Bonchev–Trinajstić information content (AvgIpc) is 3.31. The van der Waals surface area contributed by atoms with Crippen LogP contribution in [0.4, 0.5) is 10.1 Å². The number of ether oxygens (including phenoxy) is 1. The number of aromatic nitrogens is 4. The quantitative estimate of drug-likeness (QED) is 0.558. The van der Waals surface area contributed by atoms with Gasteiger partial charge in [-0.25, -0.2) is 9.07 Å². The predicted octanol–water partition coefficient (Wildman–Crippen LogP) is 3.88. The van der Waals surface area contributed by atoms with Crippen molar-refractivity contribution in [1.29, 1.82) is 0 Å². The van der Waals surface area contributed by atoms with Crippen molar-refractivity contribution in [1.82, 2.24) is 25.1 Å². The molecule has 1 fully saturated rings. The standard InChI is InChI=1S/C24H31FN6O/c1-5-24(2,3)31-23(26-27-28-31)22(18-6-8-19(25)9-7-18)30-16-14-29(15-17-30)20-10-12-21(32-4)13-11-20/h6-13,22H,5,14-17H2,1-4H3. The van der Waals surface area contributed by atoms with Crippen molar-refractivity contribution in [3.8, 4) is 5.75 Å². The number of rotatable bonds is 7. The van der Waals surface area contributed by atoms with E-state index in [0.29, 0.717) is 0 Å². The van der Waals surface area contributed by atoms with Crippen LogP contribution in [-0.4, -0.2) is 58.4 Å². The van der Waals surface area contributed by atoms with E-state index in [1.165, 1.54) is 17.8 Å². The maximum absolute atomic E-state index is 13.7. The second-order valence-corrected chi connectivity index (χ2v) is 8.79. The molecule has 1 unspecified atom stereocenters. The minimum absolute atomic E-state index is 0.144. The summed E-state index contributed by atoms with van der Waals surface area (Å²) in [7, 11) is 1.68. The summed E-state index contributed by atoms with van der Waals surface area (Å²) in [5.41, 5.74) is 1.95. The molecule has 0 saturated carbocycles. The lowest BCUT2D eigenvalue weighted by atomic mass is 9.99. The highest BCUT2D eigenvalue weighted by Gasteiger charge is 2.34. The van der Waals surface area contributed by atoms with Gasteiger partial charge in [0, 0.05) is 31.9 Å². The average molecular weight is 439 g/mol. The molecule has 0 amide bonds. The van der Waals surface area contributed by atoms with Crippen LogP contribution in [0.5, 0.6) is 5.75 Å². The molecule has 1 saturated heterocycles. The zero-order chi connectivity index (χ0) is 22.7. The number of methoxy groups -OCH3 is 1.